The number of carbonyl (C=O) groups is 1. The van der Waals surface area contributed by atoms with E-state index in [-0.39, 0.29) is 10.8 Å². The van der Waals surface area contributed by atoms with Crippen LogP contribution < -0.4 is 9.62 Å². The summed E-state index contributed by atoms with van der Waals surface area (Å²) in [5.41, 5.74) is 4.39. The van der Waals surface area contributed by atoms with E-state index in [4.69, 9.17) is 0 Å². The summed E-state index contributed by atoms with van der Waals surface area (Å²) >= 11 is 0. The molecule has 0 radical (unpaired) electrons. The highest BCUT2D eigenvalue weighted by Crippen LogP contribution is 2.32. The Hall–Kier alpha value is -3.38. The van der Waals surface area contributed by atoms with Crippen LogP contribution in [0.25, 0.3) is 6.08 Å². The summed E-state index contributed by atoms with van der Waals surface area (Å²) in [6.07, 6.45) is 3.89. The van der Waals surface area contributed by atoms with Crippen molar-refractivity contribution in [2.75, 3.05) is 16.2 Å². The van der Waals surface area contributed by atoms with E-state index in [0.717, 1.165) is 22.4 Å². The molecule has 0 saturated heterocycles. The summed E-state index contributed by atoms with van der Waals surface area (Å²) in [6, 6.07) is 21.6. The monoisotopic (exact) mass is 418 g/mol. The highest BCUT2D eigenvalue weighted by molar-refractivity contribution is 7.92. The van der Waals surface area contributed by atoms with Gasteiger partial charge in [-0.1, -0.05) is 48.0 Å². The lowest BCUT2D eigenvalue weighted by atomic mass is 10.1. The van der Waals surface area contributed by atoms with Gasteiger partial charge in [-0.05, 0) is 60.9 Å². The number of nitrogens with zero attached hydrogens (tertiary/aromatic N) is 1. The summed E-state index contributed by atoms with van der Waals surface area (Å²) in [6.45, 7) is 2.44. The van der Waals surface area contributed by atoms with Crippen LogP contribution in [0.4, 0.5) is 11.4 Å². The summed E-state index contributed by atoms with van der Waals surface area (Å²) < 4.78 is 27.5. The lowest BCUT2D eigenvalue weighted by Crippen LogP contribution is -2.29. The molecule has 0 spiro atoms. The molecule has 0 saturated carbocycles. The molecule has 152 valence electrons. The maximum absolute atomic E-state index is 13.0. The van der Waals surface area contributed by atoms with E-state index < -0.39 is 10.0 Å². The largest absolute Gasteiger partial charge is 0.323 e. The van der Waals surface area contributed by atoms with Crippen molar-refractivity contribution in [2.45, 2.75) is 18.2 Å². The van der Waals surface area contributed by atoms with E-state index in [1.54, 1.807) is 18.2 Å². The van der Waals surface area contributed by atoms with Crippen LogP contribution in [0.2, 0.25) is 0 Å². The molecule has 0 unspecified atom stereocenters. The Morgan fingerprint density at radius 3 is 2.40 bits per heavy atom. The Labute approximate surface area is 176 Å². The first-order valence-corrected chi connectivity index (χ1v) is 11.1. The molecule has 0 aliphatic carbocycles. The predicted molar refractivity (Wildman–Crippen MR) is 120 cm³/mol. The van der Waals surface area contributed by atoms with Gasteiger partial charge in [0.15, 0.2) is 0 Å². The Kier molecular flexibility index (Phi) is 5.42. The fourth-order valence-electron chi connectivity index (χ4n) is 3.43. The van der Waals surface area contributed by atoms with Gasteiger partial charge >= 0.3 is 0 Å². The van der Waals surface area contributed by atoms with Crippen molar-refractivity contribution >= 4 is 33.4 Å². The first-order valence-electron chi connectivity index (χ1n) is 9.70. The van der Waals surface area contributed by atoms with E-state index in [1.807, 2.05) is 55.5 Å². The van der Waals surface area contributed by atoms with Gasteiger partial charge in [0, 0.05) is 18.3 Å². The first kappa shape index (κ1) is 19.9. The molecule has 3 aromatic rings. The average molecular weight is 419 g/mol. The number of anilines is 2. The molecule has 30 heavy (non-hydrogen) atoms. The Balaban J connectivity index is 1.45. The molecule has 0 fully saturated rings. The van der Waals surface area contributed by atoms with Crippen LogP contribution in [0, 0.1) is 6.92 Å². The van der Waals surface area contributed by atoms with Gasteiger partial charge in [-0.15, -0.1) is 0 Å². The maximum Gasteiger partial charge on any atom is 0.264 e. The summed E-state index contributed by atoms with van der Waals surface area (Å²) in [5, 5.41) is 2.75. The zero-order valence-electron chi connectivity index (χ0n) is 16.6. The average Bonchev–Trinajstić information content (AvgIpc) is 3.19. The van der Waals surface area contributed by atoms with Crippen LogP contribution in [-0.2, 0) is 21.2 Å². The van der Waals surface area contributed by atoms with Gasteiger partial charge in [-0.2, -0.15) is 0 Å². The number of fused-ring (bicyclic) bond motifs is 1. The Morgan fingerprint density at radius 1 is 0.967 bits per heavy atom. The van der Waals surface area contributed by atoms with Crippen molar-refractivity contribution < 1.29 is 13.2 Å². The van der Waals surface area contributed by atoms with Crippen LogP contribution in [0.1, 0.15) is 16.7 Å². The third-order valence-electron chi connectivity index (χ3n) is 5.06. The highest BCUT2D eigenvalue weighted by Gasteiger charge is 2.30. The normalized spacial score (nSPS) is 13.4. The van der Waals surface area contributed by atoms with Gasteiger partial charge in [-0.3, -0.25) is 9.10 Å². The zero-order valence-corrected chi connectivity index (χ0v) is 17.4. The van der Waals surface area contributed by atoms with Crippen LogP contribution in [0.3, 0.4) is 0 Å². The van der Waals surface area contributed by atoms with E-state index in [0.29, 0.717) is 18.7 Å². The van der Waals surface area contributed by atoms with Crippen molar-refractivity contribution in [3.05, 3.63) is 95.6 Å². The number of hydrogen-bond donors (Lipinski definition) is 1. The first-order chi connectivity index (χ1) is 14.4. The molecule has 1 aliphatic heterocycles. The smallest absolute Gasteiger partial charge is 0.264 e. The summed E-state index contributed by atoms with van der Waals surface area (Å²) in [4.78, 5) is 12.4. The number of sulfonamides is 1. The van der Waals surface area contributed by atoms with Crippen molar-refractivity contribution in [3.63, 3.8) is 0 Å². The van der Waals surface area contributed by atoms with Crippen molar-refractivity contribution in [3.8, 4) is 0 Å². The van der Waals surface area contributed by atoms with Crippen molar-refractivity contribution in [2.24, 2.45) is 0 Å². The summed E-state index contributed by atoms with van der Waals surface area (Å²) in [7, 11) is -3.64. The molecule has 4 rings (SSSR count). The highest BCUT2D eigenvalue weighted by atomic mass is 32.2. The van der Waals surface area contributed by atoms with Gasteiger partial charge in [-0.25, -0.2) is 8.42 Å². The third kappa shape index (κ3) is 4.14. The minimum absolute atomic E-state index is 0.201. The van der Waals surface area contributed by atoms with Crippen LogP contribution in [-0.4, -0.2) is 20.9 Å². The molecule has 6 heteroatoms. The fraction of sp³-hybridized carbons (Fsp3) is 0.125. The van der Waals surface area contributed by atoms with E-state index in [9.17, 15) is 13.2 Å². The second-order valence-electron chi connectivity index (χ2n) is 7.21. The van der Waals surface area contributed by atoms with Gasteiger partial charge in [0.05, 0.1) is 10.6 Å². The predicted octanol–water partition coefficient (Wildman–Crippen LogP) is 4.40. The molecule has 0 atom stereocenters. The molecule has 1 amide bonds. The van der Waals surface area contributed by atoms with Crippen LogP contribution in [0.5, 0.6) is 0 Å². The number of hydrogen-bond acceptors (Lipinski definition) is 3. The Morgan fingerprint density at radius 2 is 1.67 bits per heavy atom. The van der Waals surface area contributed by atoms with E-state index >= 15 is 0 Å². The number of para-hydroxylation sites is 1. The second kappa shape index (κ2) is 8.16. The molecule has 3 aromatic carbocycles. The van der Waals surface area contributed by atoms with Gasteiger partial charge in [0.25, 0.3) is 10.0 Å². The minimum atomic E-state index is -3.64. The van der Waals surface area contributed by atoms with E-state index in [1.165, 1.54) is 22.5 Å². The molecule has 0 bridgehead atoms. The molecular formula is C24H22N2O3S. The number of amides is 1. The maximum atomic E-state index is 13.0. The van der Waals surface area contributed by atoms with Crippen molar-refractivity contribution in [1.82, 2.24) is 0 Å². The molecular weight excluding hydrogens is 396 g/mol. The second-order valence-corrected chi connectivity index (χ2v) is 9.08. The molecule has 1 N–H and O–H groups in total. The number of nitrogens with one attached hydrogen (secondary N) is 1. The summed E-state index contributed by atoms with van der Waals surface area (Å²) in [5.74, 6) is -0.278. The third-order valence-corrected chi connectivity index (χ3v) is 6.89. The van der Waals surface area contributed by atoms with Gasteiger partial charge in [0.2, 0.25) is 5.91 Å². The van der Waals surface area contributed by atoms with Crippen LogP contribution in [0.15, 0.2) is 83.8 Å². The van der Waals surface area contributed by atoms with E-state index in [2.05, 4.69) is 5.32 Å². The number of rotatable bonds is 5. The Bertz CT molecular complexity index is 1200. The van der Waals surface area contributed by atoms with Gasteiger partial charge < -0.3 is 5.32 Å². The topological polar surface area (TPSA) is 66.5 Å². The molecule has 1 aliphatic rings. The standard InChI is InChI=1S/C24H22N2O3S/c1-18-6-8-19(9-7-18)10-15-24(27)25-21-11-13-22(14-12-21)30(28,29)26-17-16-20-4-2-3-5-23(20)26/h2-15H,16-17H2,1H3,(H,25,27)/b15-10+. The fourth-order valence-corrected chi connectivity index (χ4v) is 4.93. The quantitative estimate of drug-likeness (QED) is 0.625. The minimum Gasteiger partial charge on any atom is -0.323 e. The zero-order chi connectivity index (χ0) is 21.1. The van der Waals surface area contributed by atoms with Crippen LogP contribution >= 0.6 is 0 Å². The lowest BCUT2D eigenvalue weighted by molar-refractivity contribution is -0.111. The SMILES string of the molecule is Cc1ccc(/C=C/C(=O)Nc2ccc(S(=O)(=O)N3CCc4ccccc43)cc2)cc1. The molecule has 0 aromatic heterocycles. The number of aryl methyl sites for hydroxylation is 1. The van der Waals surface area contributed by atoms with Crippen molar-refractivity contribution in [1.29, 1.82) is 0 Å². The number of benzene rings is 3. The molecule has 1 heterocycles. The number of carbonyl (C=O) groups excluding carboxylic acids is 1. The molecule has 5 nitrogen and oxygen atoms in total. The lowest BCUT2D eigenvalue weighted by Gasteiger charge is -2.19. The van der Waals surface area contributed by atoms with Gasteiger partial charge in [0.1, 0.15) is 0 Å².